The van der Waals surface area contributed by atoms with Gasteiger partial charge in [0.1, 0.15) is 0 Å². The van der Waals surface area contributed by atoms with Crippen LogP contribution in [0.2, 0.25) is 0 Å². The molecule has 1 atom stereocenters. The van der Waals surface area contributed by atoms with Crippen molar-refractivity contribution in [2.45, 2.75) is 58.8 Å². The normalized spacial score (nSPS) is 12.5. The minimum absolute atomic E-state index is 0.666. The van der Waals surface area contributed by atoms with E-state index in [4.69, 9.17) is 0 Å². The van der Waals surface area contributed by atoms with Gasteiger partial charge < -0.3 is 4.90 Å². The lowest BCUT2D eigenvalue weighted by Gasteiger charge is -2.22. The first-order chi connectivity index (χ1) is 8.56. The maximum atomic E-state index is 2.37. The lowest BCUT2D eigenvalue weighted by atomic mass is 9.92. The highest BCUT2D eigenvalue weighted by atomic mass is 15.1. The summed E-state index contributed by atoms with van der Waals surface area (Å²) >= 11 is 0. The first-order valence-corrected chi connectivity index (χ1v) is 7.34. The second-order valence-corrected chi connectivity index (χ2v) is 5.71. The van der Waals surface area contributed by atoms with Crippen LogP contribution in [0.5, 0.6) is 0 Å². The van der Waals surface area contributed by atoms with Gasteiger partial charge in [-0.3, -0.25) is 0 Å². The molecule has 0 saturated heterocycles. The van der Waals surface area contributed by atoms with E-state index in [1.54, 1.807) is 0 Å². The summed E-state index contributed by atoms with van der Waals surface area (Å²) in [4.78, 5) is 2.23. The molecular weight excluding hydrogens is 218 g/mol. The molecule has 0 N–H and O–H groups in total. The number of benzene rings is 1. The lowest BCUT2D eigenvalue weighted by molar-refractivity contribution is 0.579. The number of hydrogen-bond acceptors (Lipinski definition) is 1. The smallest absolute Gasteiger partial charge is 0.0396 e. The number of aryl methyl sites for hydroxylation is 1. The Morgan fingerprint density at radius 1 is 1.11 bits per heavy atom. The third-order valence-corrected chi connectivity index (χ3v) is 3.69. The first-order valence-electron chi connectivity index (χ1n) is 7.34. The molecule has 1 nitrogen and oxygen atoms in total. The number of unbranched alkanes of at least 4 members (excludes halogenated alkanes) is 3. The maximum Gasteiger partial charge on any atom is 0.0396 e. The predicted molar refractivity (Wildman–Crippen MR) is 82.7 cm³/mol. The number of rotatable bonds is 7. The van der Waals surface area contributed by atoms with Gasteiger partial charge >= 0.3 is 0 Å². The molecule has 0 radical (unpaired) electrons. The topological polar surface area (TPSA) is 3.24 Å². The maximum absolute atomic E-state index is 2.37. The molecule has 0 aliphatic carbocycles. The second-order valence-electron chi connectivity index (χ2n) is 5.71. The fourth-order valence-electron chi connectivity index (χ4n) is 2.51. The molecule has 0 aliphatic rings. The molecule has 0 saturated carbocycles. The quantitative estimate of drug-likeness (QED) is 0.603. The molecule has 0 aliphatic heterocycles. The second kappa shape index (κ2) is 7.45. The van der Waals surface area contributed by atoms with E-state index in [1.807, 2.05) is 0 Å². The zero-order valence-corrected chi connectivity index (χ0v) is 12.8. The highest BCUT2D eigenvalue weighted by Crippen LogP contribution is 2.31. The lowest BCUT2D eigenvalue weighted by Crippen LogP contribution is -2.12. The van der Waals surface area contributed by atoms with Gasteiger partial charge in [-0.05, 0) is 30.9 Å². The average molecular weight is 247 g/mol. The van der Waals surface area contributed by atoms with Crippen LogP contribution in [0.15, 0.2) is 18.2 Å². The van der Waals surface area contributed by atoms with Gasteiger partial charge in [0, 0.05) is 19.8 Å². The van der Waals surface area contributed by atoms with Crippen LogP contribution in [0.4, 0.5) is 5.69 Å². The molecule has 0 aromatic heterocycles. The van der Waals surface area contributed by atoms with Crippen molar-refractivity contribution in [3.05, 3.63) is 29.3 Å². The standard InChI is InChI=1S/C17H29N/c1-6-7-8-9-10-15(3)16-13-14(2)11-12-17(16)18(4)5/h11-13,15H,6-10H2,1-5H3. The summed E-state index contributed by atoms with van der Waals surface area (Å²) in [5.74, 6) is 0.666. The molecule has 1 unspecified atom stereocenters. The third kappa shape index (κ3) is 4.36. The van der Waals surface area contributed by atoms with E-state index < -0.39 is 0 Å². The van der Waals surface area contributed by atoms with Gasteiger partial charge in [0.2, 0.25) is 0 Å². The van der Waals surface area contributed by atoms with Gasteiger partial charge in [-0.2, -0.15) is 0 Å². The van der Waals surface area contributed by atoms with Crippen molar-refractivity contribution < 1.29 is 0 Å². The summed E-state index contributed by atoms with van der Waals surface area (Å²) in [5, 5.41) is 0. The Labute approximate surface area is 113 Å². The molecule has 1 aromatic carbocycles. The number of nitrogens with zero attached hydrogens (tertiary/aromatic N) is 1. The van der Waals surface area contributed by atoms with Crippen molar-refractivity contribution in [2.24, 2.45) is 0 Å². The molecule has 0 fully saturated rings. The van der Waals surface area contributed by atoms with E-state index in [0.29, 0.717) is 5.92 Å². The molecule has 0 spiro atoms. The van der Waals surface area contributed by atoms with Crippen LogP contribution in [0.1, 0.15) is 63.0 Å². The number of anilines is 1. The average Bonchev–Trinajstić information content (AvgIpc) is 2.34. The van der Waals surface area contributed by atoms with E-state index in [-0.39, 0.29) is 0 Å². The first kappa shape index (κ1) is 15.1. The molecular formula is C17H29N. The van der Waals surface area contributed by atoms with Crippen molar-refractivity contribution >= 4 is 5.69 Å². The van der Waals surface area contributed by atoms with E-state index in [2.05, 4.69) is 58.0 Å². The van der Waals surface area contributed by atoms with Crippen LogP contribution in [-0.4, -0.2) is 14.1 Å². The van der Waals surface area contributed by atoms with Gasteiger partial charge in [0.05, 0.1) is 0 Å². The van der Waals surface area contributed by atoms with Crippen LogP contribution in [0.25, 0.3) is 0 Å². The van der Waals surface area contributed by atoms with Crippen molar-refractivity contribution in [1.29, 1.82) is 0 Å². The molecule has 0 bridgehead atoms. The van der Waals surface area contributed by atoms with Gasteiger partial charge in [-0.1, -0.05) is 57.2 Å². The Morgan fingerprint density at radius 2 is 1.83 bits per heavy atom. The van der Waals surface area contributed by atoms with Crippen molar-refractivity contribution in [1.82, 2.24) is 0 Å². The summed E-state index contributed by atoms with van der Waals surface area (Å²) in [6.45, 7) is 6.83. The molecule has 102 valence electrons. The van der Waals surface area contributed by atoms with Gasteiger partial charge in [-0.15, -0.1) is 0 Å². The molecule has 1 aromatic rings. The fraction of sp³-hybridized carbons (Fsp3) is 0.647. The summed E-state index contributed by atoms with van der Waals surface area (Å²) in [6.07, 6.45) is 6.74. The van der Waals surface area contributed by atoms with Crippen molar-refractivity contribution in [2.75, 3.05) is 19.0 Å². The van der Waals surface area contributed by atoms with Crippen LogP contribution in [0.3, 0.4) is 0 Å². The van der Waals surface area contributed by atoms with Gasteiger partial charge in [0.15, 0.2) is 0 Å². The molecule has 18 heavy (non-hydrogen) atoms. The zero-order chi connectivity index (χ0) is 13.5. The van der Waals surface area contributed by atoms with Gasteiger partial charge in [-0.25, -0.2) is 0 Å². The third-order valence-electron chi connectivity index (χ3n) is 3.69. The molecule has 1 rings (SSSR count). The Kier molecular flexibility index (Phi) is 6.24. The molecule has 1 heteroatoms. The van der Waals surface area contributed by atoms with Crippen LogP contribution in [0, 0.1) is 6.92 Å². The highest BCUT2D eigenvalue weighted by molar-refractivity contribution is 5.55. The van der Waals surface area contributed by atoms with Gasteiger partial charge in [0.25, 0.3) is 0 Å². The molecule has 0 amide bonds. The zero-order valence-electron chi connectivity index (χ0n) is 12.8. The summed E-state index contributed by atoms with van der Waals surface area (Å²) in [7, 11) is 4.27. The summed E-state index contributed by atoms with van der Waals surface area (Å²) < 4.78 is 0. The van der Waals surface area contributed by atoms with Crippen LogP contribution in [-0.2, 0) is 0 Å². The van der Waals surface area contributed by atoms with Crippen LogP contribution >= 0.6 is 0 Å². The van der Waals surface area contributed by atoms with E-state index in [0.717, 1.165) is 0 Å². The monoisotopic (exact) mass is 247 g/mol. The van der Waals surface area contributed by atoms with E-state index in [9.17, 15) is 0 Å². The Hall–Kier alpha value is -0.980. The highest BCUT2D eigenvalue weighted by Gasteiger charge is 2.12. The van der Waals surface area contributed by atoms with Crippen molar-refractivity contribution in [3.63, 3.8) is 0 Å². The summed E-state index contributed by atoms with van der Waals surface area (Å²) in [5.41, 5.74) is 4.26. The van der Waals surface area contributed by atoms with E-state index in [1.165, 1.54) is 48.9 Å². The minimum Gasteiger partial charge on any atom is -0.377 e. The Morgan fingerprint density at radius 3 is 2.44 bits per heavy atom. The Bertz CT molecular complexity index is 355. The minimum atomic E-state index is 0.666. The Balaban J connectivity index is 2.70. The largest absolute Gasteiger partial charge is 0.377 e. The van der Waals surface area contributed by atoms with Crippen LogP contribution < -0.4 is 4.90 Å². The molecule has 0 heterocycles. The van der Waals surface area contributed by atoms with E-state index >= 15 is 0 Å². The predicted octanol–water partition coefficient (Wildman–Crippen LogP) is 5.13. The summed E-state index contributed by atoms with van der Waals surface area (Å²) in [6, 6.07) is 6.83. The fourth-order valence-corrected chi connectivity index (χ4v) is 2.51. The SMILES string of the molecule is CCCCCCC(C)c1cc(C)ccc1N(C)C. The number of hydrogen-bond donors (Lipinski definition) is 0. The van der Waals surface area contributed by atoms with Crippen molar-refractivity contribution in [3.8, 4) is 0 Å².